The van der Waals surface area contributed by atoms with Crippen LogP contribution in [0.3, 0.4) is 0 Å². The van der Waals surface area contributed by atoms with E-state index in [1.165, 1.54) is 0 Å². The smallest absolute Gasteiger partial charge is 0.243 e. The quantitative estimate of drug-likeness (QED) is 0.187. The minimum Gasteiger partial charge on any atom is -0.356 e. The summed E-state index contributed by atoms with van der Waals surface area (Å²) in [5, 5.41) is 16.8. The van der Waals surface area contributed by atoms with E-state index < -0.39 is 12.1 Å². The van der Waals surface area contributed by atoms with Gasteiger partial charge < -0.3 is 31.9 Å². The van der Waals surface area contributed by atoms with Crippen molar-refractivity contribution in [3.05, 3.63) is 0 Å². The summed E-state index contributed by atoms with van der Waals surface area (Å²) in [7, 11) is 3.69. The lowest BCUT2D eigenvalue weighted by Gasteiger charge is -2.29. The molecule has 0 aromatic rings. The average molecular weight is 399 g/mol. The lowest BCUT2D eigenvalue weighted by atomic mass is 10.0. The molecule has 0 spiro atoms. The first-order valence-electron chi connectivity index (χ1n) is 9.91. The summed E-state index contributed by atoms with van der Waals surface area (Å²) >= 11 is 0. The van der Waals surface area contributed by atoms with Crippen molar-refractivity contribution < 1.29 is 19.2 Å². The maximum atomic E-state index is 12.2. The zero-order valence-electron chi connectivity index (χ0n) is 16.9. The molecule has 1 aliphatic rings. The zero-order chi connectivity index (χ0) is 20.8. The second-order valence-corrected chi connectivity index (χ2v) is 6.81. The molecule has 10 heteroatoms. The third-order valence-electron chi connectivity index (χ3n) is 4.44. The van der Waals surface area contributed by atoms with Crippen molar-refractivity contribution >= 4 is 23.6 Å². The van der Waals surface area contributed by atoms with Gasteiger partial charge in [0.1, 0.15) is 12.1 Å². The Morgan fingerprint density at radius 1 is 0.750 bits per heavy atom. The molecule has 0 aromatic carbocycles. The standard InChI is InChI=1S/C18H34N6O4/c1-19-9-3-11-21-15(25)7-5-13-17(27)24-14(18(28)23-13)6-8-16(26)22-12-4-10-20-2/h13-14,19-20H,3-12H2,1-2H3,(H,21,25)(H,22,26)(H,23,28)(H,24,27)/t13-,14-/m0/s1. The summed E-state index contributed by atoms with van der Waals surface area (Å²) in [5.74, 6) is -0.922. The molecular formula is C18H34N6O4. The highest BCUT2D eigenvalue weighted by molar-refractivity contribution is 5.97. The Labute approximate surface area is 166 Å². The summed E-state index contributed by atoms with van der Waals surface area (Å²) in [6.07, 6.45) is 2.47. The monoisotopic (exact) mass is 398 g/mol. The Morgan fingerprint density at radius 3 is 1.50 bits per heavy atom. The Bertz CT molecular complexity index is 482. The van der Waals surface area contributed by atoms with Crippen LogP contribution in [0.1, 0.15) is 38.5 Å². The average Bonchev–Trinajstić information content (AvgIpc) is 2.67. The molecule has 160 valence electrons. The normalized spacial score (nSPS) is 18.9. The van der Waals surface area contributed by atoms with Gasteiger partial charge >= 0.3 is 0 Å². The number of hydrogen-bond donors (Lipinski definition) is 6. The van der Waals surface area contributed by atoms with E-state index in [4.69, 9.17) is 0 Å². The Kier molecular flexibility index (Phi) is 11.8. The fraction of sp³-hybridized carbons (Fsp3) is 0.778. The maximum absolute atomic E-state index is 12.2. The maximum Gasteiger partial charge on any atom is 0.243 e. The van der Waals surface area contributed by atoms with Crippen LogP contribution < -0.4 is 31.9 Å². The van der Waals surface area contributed by atoms with Gasteiger partial charge in [0.15, 0.2) is 0 Å². The SMILES string of the molecule is CNCCCNC(=O)CC[C@@H]1NC(=O)[C@H](CCC(=O)NCCCNC)NC1=O. The van der Waals surface area contributed by atoms with Crippen LogP contribution in [0.5, 0.6) is 0 Å². The number of amides is 4. The van der Waals surface area contributed by atoms with E-state index in [-0.39, 0.29) is 49.3 Å². The van der Waals surface area contributed by atoms with Crippen LogP contribution in [-0.2, 0) is 19.2 Å². The number of carbonyl (C=O) groups excluding carboxylic acids is 4. The van der Waals surface area contributed by atoms with Crippen LogP contribution in [0.15, 0.2) is 0 Å². The first kappa shape index (κ1) is 23.8. The number of rotatable bonds is 14. The molecule has 0 radical (unpaired) electrons. The van der Waals surface area contributed by atoms with E-state index in [2.05, 4.69) is 31.9 Å². The molecule has 1 saturated heterocycles. The summed E-state index contributed by atoms with van der Waals surface area (Å²) in [6, 6.07) is -1.44. The van der Waals surface area contributed by atoms with Gasteiger partial charge in [0.2, 0.25) is 23.6 Å². The Hall–Kier alpha value is -2.20. The van der Waals surface area contributed by atoms with E-state index in [1.54, 1.807) is 0 Å². The third-order valence-corrected chi connectivity index (χ3v) is 4.44. The van der Waals surface area contributed by atoms with E-state index in [1.807, 2.05) is 14.1 Å². The molecule has 10 nitrogen and oxygen atoms in total. The highest BCUT2D eigenvalue weighted by atomic mass is 16.2. The molecule has 28 heavy (non-hydrogen) atoms. The van der Waals surface area contributed by atoms with Crippen LogP contribution in [0.2, 0.25) is 0 Å². The number of hydrogen-bond acceptors (Lipinski definition) is 6. The molecular weight excluding hydrogens is 364 g/mol. The third kappa shape index (κ3) is 9.65. The zero-order valence-corrected chi connectivity index (χ0v) is 16.9. The summed E-state index contributed by atoms with van der Waals surface area (Å²) in [5.41, 5.74) is 0. The van der Waals surface area contributed by atoms with Crippen LogP contribution in [0, 0.1) is 0 Å². The first-order chi connectivity index (χ1) is 13.5. The highest BCUT2D eigenvalue weighted by Crippen LogP contribution is 2.08. The van der Waals surface area contributed by atoms with E-state index in [9.17, 15) is 19.2 Å². The van der Waals surface area contributed by atoms with Crippen molar-refractivity contribution in [3.63, 3.8) is 0 Å². The predicted molar refractivity (Wildman–Crippen MR) is 105 cm³/mol. The summed E-state index contributed by atoms with van der Waals surface area (Å²) < 4.78 is 0. The van der Waals surface area contributed by atoms with Gasteiger partial charge in [-0.05, 0) is 52.9 Å². The molecule has 0 aliphatic carbocycles. The Balaban J connectivity index is 2.26. The molecule has 2 atom stereocenters. The fourth-order valence-electron chi connectivity index (χ4n) is 2.80. The number of piperazine rings is 1. The van der Waals surface area contributed by atoms with Crippen molar-refractivity contribution in [3.8, 4) is 0 Å². The van der Waals surface area contributed by atoms with Gasteiger partial charge in [0.05, 0.1) is 0 Å². The fourth-order valence-corrected chi connectivity index (χ4v) is 2.80. The summed E-state index contributed by atoms with van der Waals surface area (Å²) in [4.78, 5) is 47.9. The van der Waals surface area contributed by atoms with Crippen LogP contribution in [0.4, 0.5) is 0 Å². The highest BCUT2D eigenvalue weighted by Gasteiger charge is 2.33. The Morgan fingerprint density at radius 2 is 1.14 bits per heavy atom. The van der Waals surface area contributed by atoms with Crippen molar-refractivity contribution in [2.45, 2.75) is 50.6 Å². The van der Waals surface area contributed by atoms with Crippen LogP contribution in [-0.4, -0.2) is 76.0 Å². The molecule has 0 bridgehead atoms. The molecule has 0 saturated carbocycles. The lowest BCUT2D eigenvalue weighted by Crippen LogP contribution is -2.61. The number of carbonyl (C=O) groups is 4. The predicted octanol–water partition coefficient (Wildman–Crippen LogP) is -2.02. The van der Waals surface area contributed by atoms with Gasteiger partial charge in [-0.1, -0.05) is 0 Å². The molecule has 4 amide bonds. The lowest BCUT2D eigenvalue weighted by molar-refractivity contribution is -0.137. The largest absolute Gasteiger partial charge is 0.356 e. The van der Waals surface area contributed by atoms with E-state index >= 15 is 0 Å². The molecule has 1 fully saturated rings. The van der Waals surface area contributed by atoms with Crippen molar-refractivity contribution in [1.29, 1.82) is 0 Å². The van der Waals surface area contributed by atoms with Crippen LogP contribution in [0.25, 0.3) is 0 Å². The van der Waals surface area contributed by atoms with Gasteiger partial charge in [0.25, 0.3) is 0 Å². The van der Waals surface area contributed by atoms with Gasteiger partial charge in [-0.3, -0.25) is 19.2 Å². The molecule has 0 aromatic heterocycles. The van der Waals surface area contributed by atoms with Crippen molar-refractivity contribution in [2.75, 3.05) is 40.3 Å². The van der Waals surface area contributed by atoms with Gasteiger partial charge in [-0.15, -0.1) is 0 Å². The molecule has 6 N–H and O–H groups in total. The van der Waals surface area contributed by atoms with Gasteiger partial charge in [-0.2, -0.15) is 0 Å². The first-order valence-corrected chi connectivity index (χ1v) is 9.91. The number of nitrogens with one attached hydrogen (secondary N) is 6. The minimum absolute atomic E-state index is 0.143. The van der Waals surface area contributed by atoms with Gasteiger partial charge in [-0.25, -0.2) is 0 Å². The van der Waals surface area contributed by atoms with Gasteiger partial charge in [0, 0.05) is 25.9 Å². The van der Waals surface area contributed by atoms with Crippen LogP contribution >= 0.6 is 0 Å². The molecule has 0 unspecified atom stereocenters. The second kappa shape index (κ2) is 13.9. The summed E-state index contributed by atoms with van der Waals surface area (Å²) in [6.45, 7) is 2.78. The topological polar surface area (TPSA) is 140 Å². The molecule has 1 rings (SSSR count). The van der Waals surface area contributed by atoms with E-state index in [0.29, 0.717) is 13.1 Å². The van der Waals surface area contributed by atoms with E-state index in [0.717, 1.165) is 25.9 Å². The molecule has 1 aliphatic heterocycles. The van der Waals surface area contributed by atoms with Crippen molar-refractivity contribution in [1.82, 2.24) is 31.9 Å². The second-order valence-electron chi connectivity index (χ2n) is 6.81. The molecule has 1 heterocycles. The van der Waals surface area contributed by atoms with Crippen molar-refractivity contribution in [2.24, 2.45) is 0 Å². The minimum atomic E-state index is -0.720.